The van der Waals surface area contributed by atoms with Gasteiger partial charge in [-0.15, -0.1) is 0 Å². The van der Waals surface area contributed by atoms with E-state index in [-0.39, 0.29) is 17.2 Å². The van der Waals surface area contributed by atoms with E-state index in [2.05, 4.69) is 11.8 Å². The van der Waals surface area contributed by atoms with Gasteiger partial charge in [-0.2, -0.15) is 0 Å². The molecule has 1 saturated heterocycles. The molecule has 20 heavy (non-hydrogen) atoms. The standard InChI is InChI=1S/C16H25NO3/c1-12-8-15-10-13(19)11-16(20,9-12)14(15)4-2-5-17(15)6-3-7-18/h7,12,14,20H,2-6,8-11H2,1H3/t12-,14+,15+,16-/m1/s1. The number of carbonyl (C=O) groups excluding carboxylic acids is 2. The summed E-state index contributed by atoms with van der Waals surface area (Å²) in [6.07, 6.45) is 6.23. The molecule has 2 bridgehead atoms. The van der Waals surface area contributed by atoms with E-state index >= 15 is 0 Å². The molecule has 3 fully saturated rings. The molecule has 0 aromatic carbocycles. The van der Waals surface area contributed by atoms with Gasteiger partial charge in [-0.25, -0.2) is 0 Å². The lowest BCUT2D eigenvalue weighted by molar-refractivity contribution is -0.193. The van der Waals surface area contributed by atoms with Crippen molar-refractivity contribution in [2.24, 2.45) is 11.8 Å². The van der Waals surface area contributed by atoms with Crippen molar-refractivity contribution in [1.82, 2.24) is 4.90 Å². The molecule has 0 amide bonds. The van der Waals surface area contributed by atoms with Crippen LogP contribution in [0.25, 0.3) is 0 Å². The van der Waals surface area contributed by atoms with Crippen molar-refractivity contribution in [3.05, 3.63) is 0 Å². The van der Waals surface area contributed by atoms with Crippen molar-refractivity contribution in [2.75, 3.05) is 13.1 Å². The summed E-state index contributed by atoms with van der Waals surface area (Å²) in [4.78, 5) is 25.3. The zero-order valence-electron chi connectivity index (χ0n) is 12.3. The lowest BCUT2D eigenvalue weighted by atomic mass is 9.52. The van der Waals surface area contributed by atoms with Crippen molar-refractivity contribution >= 4 is 12.1 Å². The molecule has 0 aromatic heterocycles. The molecule has 3 aliphatic rings. The fraction of sp³-hybridized carbons (Fsp3) is 0.875. The quantitative estimate of drug-likeness (QED) is 0.796. The molecule has 1 N–H and O–H groups in total. The van der Waals surface area contributed by atoms with Crippen LogP contribution in [-0.2, 0) is 9.59 Å². The normalized spacial score (nSPS) is 45.0. The van der Waals surface area contributed by atoms with E-state index in [1.807, 2.05) is 0 Å². The van der Waals surface area contributed by atoms with Gasteiger partial charge in [-0.3, -0.25) is 9.69 Å². The highest BCUT2D eigenvalue weighted by molar-refractivity contribution is 5.82. The number of likely N-dealkylation sites (tertiary alicyclic amines) is 1. The molecular formula is C16H25NO3. The van der Waals surface area contributed by atoms with E-state index in [1.165, 1.54) is 0 Å². The molecule has 0 radical (unpaired) electrons. The predicted molar refractivity (Wildman–Crippen MR) is 75.3 cm³/mol. The molecule has 112 valence electrons. The lowest BCUT2D eigenvalue weighted by Crippen LogP contribution is -2.70. The molecular weight excluding hydrogens is 254 g/mol. The minimum absolute atomic E-state index is 0.178. The van der Waals surface area contributed by atoms with Crippen molar-refractivity contribution in [3.63, 3.8) is 0 Å². The Morgan fingerprint density at radius 3 is 2.95 bits per heavy atom. The molecule has 0 spiro atoms. The Morgan fingerprint density at radius 2 is 2.20 bits per heavy atom. The largest absolute Gasteiger partial charge is 0.389 e. The third-order valence-corrected chi connectivity index (χ3v) is 5.78. The summed E-state index contributed by atoms with van der Waals surface area (Å²) in [7, 11) is 0. The zero-order chi connectivity index (χ0) is 14.4. The second-order valence-electron chi connectivity index (χ2n) is 7.25. The first kappa shape index (κ1) is 14.2. The second-order valence-corrected chi connectivity index (χ2v) is 7.25. The Morgan fingerprint density at radius 1 is 1.40 bits per heavy atom. The summed E-state index contributed by atoms with van der Waals surface area (Å²) in [5.41, 5.74) is -0.976. The molecule has 4 heteroatoms. The van der Waals surface area contributed by atoms with Crippen LogP contribution in [0.15, 0.2) is 0 Å². The molecule has 4 atom stereocenters. The van der Waals surface area contributed by atoms with Crippen molar-refractivity contribution in [3.8, 4) is 0 Å². The SMILES string of the molecule is C[C@H]1C[C@@]2(O)CC(=O)C[C@@]3(C1)[C@@H]2CCCN3CCC=O. The van der Waals surface area contributed by atoms with Gasteiger partial charge in [-0.05, 0) is 38.1 Å². The number of hydrogen-bond donors (Lipinski definition) is 1. The zero-order valence-corrected chi connectivity index (χ0v) is 12.3. The van der Waals surface area contributed by atoms with Crippen molar-refractivity contribution in [2.45, 2.75) is 63.0 Å². The van der Waals surface area contributed by atoms with Gasteiger partial charge in [0.2, 0.25) is 0 Å². The van der Waals surface area contributed by atoms with Gasteiger partial charge in [0.05, 0.1) is 5.60 Å². The van der Waals surface area contributed by atoms with Gasteiger partial charge in [0, 0.05) is 37.3 Å². The molecule has 0 aromatic rings. The molecule has 0 unspecified atom stereocenters. The number of Topliss-reactive ketones (excluding diaryl/α,β-unsaturated/α-hetero) is 1. The Balaban J connectivity index is 1.97. The molecule has 2 aliphatic carbocycles. The average molecular weight is 279 g/mol. The first-order chi connectivity index (χ1) is 9.50. The summed E-state index contributed by atoms with van der Waals surface area (Å²) in [5, 5.41) is 11.1. The summed E-state index contributed by atoms with van der Waals surface area (Å²) in [6.45, 7) is 3.88. The van der Waals surface area contributed by atoms with Gasteiger partial charge < -0.3 is 9.90 Å². The fourth-order valence-electron chi connectivity index (χ4n) is 5.45. The Labute approximate surface area is 120 Å². The highest BCUT2D eigenvalue weighted by Crippen LogP contribution is 2.56. The summed E-state index contributed by atoms with van der Waals surface area (Å²) in [6, 6.07) is 0. The Hall–Kier alpha value is -0.740. The summed E-state index contributed by atoms with van der Waals surface area (Å²) >= 11 is 0. The number of aliphatic hydroxyl groups is 1. The van der Waals surface area contributed by atoms with Crippen LogP contribution in [-0.4, -0.2) is 46.3 Å². The highest BCUT2D eigenvalue weighted by Gasteiger charge is 2.62. The first-order valence-electron chi connectivity index (χ1n) is 7.93. The molecule has 4 nitrogen and oxygen atoms in total. The van der Waals surface area contributed by atoms with Gasteiger partial charge in [0.25, 0.3) is 0 Å². The van der Waals surface area contributed by atoms with E-state index in [0.29, 0.717) is 25.2 Å². The van der Waals surface area contributed by atoms with Crippen LogP contribution in [0, 0.1) is 11.8 Å². The van der Waals surface area contributed by atoms with Gasteiger partial charge in [-0.1, -0.05) is 6.92 Å². The molecule has 1 aliphatic heterocycles. The van der Waals surface area contributed by atoms with Crippen LogP contribution in [0.3, 0.4) is 0 Å². The number of rotatable bonds is 3. The summed E-state index contributed by atoms with van der Waals surface area (Å²) in [5.74, 6) is 0.860. The summed E-state index contributed by atoms with van der Waals surface area (Å²) < 4.78 is 0. The Kier molecular flexibility index (Phi) is 3.49. The minimum atomic E-state index is -0.799. The first-order valence-corrected chi connectivity index (χ1v) is 7.93. The number of piperidine rings is 1. The van der Waals surface area contributed by atoms with Crippen molar-refractivity contribution < 1.29 is 14.7 Å². The number of aldehydes is 1. The number of ketones is 1. The average Bonchev–Trinajstić information content (AvgIpc) is 2.34. The van der Waals surface area contributed by atoms with Crippen LogP contribution in [0.2, 0.25) is 0 Å². The van der Waals surface area contributed by atoms with Crippen LogP contribution < -0.4 is 0 Å². The third-order valence-electron chi connectivity index (χ3n) is 5.78. The predicted octanol–water partition coefficient (Wildman–Crippen LogP) is 1.55. The number of hydrogen-bond acceptors (Lipinski definition) is 4. The third kappa shape index (κ3) is 2.04. The monoisotopic (exact) mass is 279 g/mol. The fourth-order valence-corrected chi connectivity index (χ4v) is 5.45. The maximum absolute atomic E-state index is 12.2. The van der Waals surface area contributed by atoms with E-state index in [9.17, 15) is 14.7 Å². The number of nitrogens with zero attached hydrogens (tertiary/aromatic N) is 1. The van der Waals surface area contributed by atoms with Gasteiger partial charge in [0.15, 0.2) is 0 Å². The lowest BCUT2D eigenvalue weighted by Gasteiger charge is -2.63. The molecule has 3 rings (SSSR count). The topological polar surface area (TPSA) is 57.6 Å². The van der Waals surface area contributed by atoms with E-state index < -0.39 is 5.60 Å². The number of carbonyl (C=O) groups is 2. The molecule has 2 saturated carbocycles. The van der Waals surface area contributed by atoms with Gasteiger partial charge >= 0.3 is 0 Å². The molecule has 1 heterocycles. The minimum Gasteiger partial charge on any atom is -0.389 e. The van der Waals surface area contributed by atoms with E-state index in [0.717, 1.165) is 45.1 Å². The maximum atomic E-state index is 12.2. The van der Waals surface area contributed by atoms with Crippen LogP contribution in [0.1, 0.15) is 51.9 Å². The van der Waals surface area contributed by atoms with Gasteiger partial charge in [0.1, 0.15) is 12.1 Å². The maximum Gasteiger partial charge on any atom is 0.137 e. The van der Waals surface area contributed by atoms with Crippen LogP contribution >= 0.6 is 0 Å². The van der Waals surface area contributed by atoms with Crippen LogP contribution in [0.5, 0.6) is 0 Å². The van der Waals surface area contributed by atoms with E-state index in [1.54, 1.807) is 0 Å². The highest BCUT2D eigenvalue weighted by atomic mass is 16.3. The smallest absolute Gasteiger partial charge is 0.137 e. The second kappa shape index (κ2) is 4.92. The van der Waals surface area contributed by atoms with E-state index in [4.69, 9.17) is 0 Å². The van der Waals surface area contributed by atoms with Crippen LogP contribution in [0.4, 0.5) is 0 Å². The van der Waals surface area contributed by atoms with Crippen molar-refractivity contribution in [1.29, 1.82) is 0 Å². The Bertz CT molecular complexity index is 424.